The predicted octanol–water partition coefficient (Wildman–Crippen LogP) is 3.07. The zero-order chi connectivity index (χ0) is 9.68. The first-order valence-corrected chi connectivity index (χ1v) is 4.08. The predicted molar refractivity (Wildman–Crippen MR) is 55.1 cm³/mol. The number of nitriles is 1. The summed E-state index contributed by atoms with van der Waals surface area (Å²) >= 11 is 0. The van der Waals surface area contributed by atoms with Gasteiger partial charge in [0.25, 0.3) is 0 Å². The van der Waals surface area contributed by atoms with Crippen LogP contribution in [-0.4, -0.2) is 0 Å². The minimum atomic E-state index is 0.689. The van der Waals surface area contributed by atoms with Gasteiger partial charge in [-0.3, -0.25) is 0 Å². The van der Waals surface area contributed by atoms with Crippen LogP contribution in [0.2, 0.25) is 0 Å². The summed E-state index contributed by atoms with van der Waals surface area (Å²) in [5, 5.41) is 8.68. The summed E-state index contributed by atoms with van der Waals surface area (Å²) in [4.78, 5) is 0. The fourth-order valence-electron chi connectivity index (χ4n) is 1.06. The molecule has 64 valence electrons. The highest BCUT2D eigenvalue weighted by Gasteiger charge is 1.95. The topological polar surface area (TPSA) is 23.8 Å². The van der Waals surface area contributed by atoms with Crippen molar-refractivity contribution in [3.05, 3.63) is 53.6 Å². The maximum absolute atomic E-state index is 8.68. The van der Waals surface area contributed by atoms with Gasteiger partial charge in [-0.2, -0.15) is 5.26 Å². The smallest absolute Gasteiger partial charge is 0.0991 e. The molecule has 0 heterocycles. The van der Waals surface area contributed by atoms with Crippen LogP contribution in [0.3, 0.4) is 0 Å². The third kappa shape index (κ3) is 2.31. The molecule has 0 aliphatic heterocycles. The van der Waals surface area contributed by atoms with Crippen molar-refractivity contribution in [3.8, 4) is 6.07 Å². The number of hydrogen-bond donors (Lipinski definition) is 0. The van der Waals surface area contributed by atoms with Crippen LogP contribution >= 0.6 is 0 Å². The van der Waals surface area contributed by atoms with E-state index in [1.165, 1.54) is 0 Å². The van der Waals surface area contributed by atoms with Crippen LogP contribution in [0.25, 0.3) is 6.08 Å². The van der Waals surface area contributed by atoms with Gasteiger partial charge < -0.3 is 0 Å². The third-order valence-electron chi connectivity index (χ3n) is 1.82. The van der Waals surface area contributed by atoms with E-state index in [2.05, 4.69) is 12.6 Å². The van der Waals surface area contributed by atoms with E-state index in [9.17, 15) is 0 Å². The van der Waals surface area contributed by atoms with Gasteiger partial charge in [0, 0.05) is 0 Å². The van der Waals surface area contributed by atoms with Crippen molar-refractivity contribution in [1.29, 1.82) is 5.26 Å². The van der Waals surface area contributed by atoms with Crippen molar-refractivity contribution in [2.24, 2.45) is 0 Å². The summed E-state index contributed by atoms with van der Waals surface area (Å²) in [6.07, 6.45) is 5.53. The van der Waals surface area contributed by atoms with E-state index in [0.29, 0.717) is 5.56 Å². The van der Waals surface area contributed by atoms with E-state index in [4.69, 9.17) is 5.26 Å². The Morgan fingerprint density at radius 2 is 2.23 bits per heavy atom. The molecule has 1 aromatic rings. The van der Waals surface area contributed by atoms with Crippen LogP contribution < -0.4 is 0 Å². The van der Waals surface area contributed by atoms with Crippen LogP contribution in [0, 0.1) is 18.3 Å². The molecular formula is C12H11N. The normalized spacial score (nSPS) is 9.85. The summed E-state index contributed by atoms with van der Waals surface area (Å²) in [7, 11) is 0. The van der Waals surface area contributed by atoms with E-state index < -0.39 is 0 Å². The minimum Gasteiger partial charge on any atom is -0.192 e. The molecule has 0 spiro atoms. The molecule has 0 aliphatic carbocycles. The van der Waals surface area contributed by atoms with Gasteiger partial charge in [0.15, 0.2) is 0 Å². The van der Waals surface area contributed by atoms with Crippen molar-refractivity contribution in [2.45, 2.75) is 6.92 Å². The lowest BCUT2D eigenvalue weighted by atomic mass is 10.1. The summed E-state index contributed by atoms with van der Waals surface area (Å²) in [5.41, 5.74) is 2.92. The van der Waals surface area contributed by atoms with Crippen molar-refractivity contribution < 1.29 is 0 Å². The van der Waals surface area contributed by atoms with Gasteiger partial charge in [-0.15, -0.1) is 0 Å². The molecule has 0 amide bonds. The summed E-state index contributed by atoms with van der Waals surface area (Å²) in [5.74, 6) is 0. The van der Waals surface area contributed by atoms with E-state index in [1.807, 2.05) is 37.3 Å². The fraction of sp³-hybridized carbons (Fsp3) is 0.0833. The Hall–Kier alpha value is -1.81. The minimum absolute atomic E-state index is 0.689. The van der Waals surface area contributed by atoms with Gasteiger partial charge in [-0.25, -0.2) is 0 Å². The molecule has 0 saturated carbocycles. The number of benzene rings is 1. The zero-order valence-corrected chi connectivity index (χ0v) is 7.62. The molecule has 0 atom stereocenters. The maximum Gasteiger partial charge on any atom is 0.0991 e. The van der Waals surface area contributed by atoms with E-state index in [0.717, 1.165) is 11.1 Å². The van der Waals surface area contributed by atoms with E-state index in [1.54, 1.807) is 6.08 Å². The lowest BCUT2D eigenvalue weighted by Crippen LogP contribution is -1.82. The molecule has 0 fully saturated rings. The lowest BCUT2D eigenvalue weighted by Gasteiger charge is -1.99. The van der Waals surface area contributed by atoms with Gasteiger partial charge in [-0.1, -0.05) is 30.9 Å². The fourth-order valence-corrected chi connectivity index (χ4v) is 1.06. The lowest BCUT2D eigenvalue weighted by molar-refractivity contribution is 1.41. The Balaban J connectivity index is 3.12. The Bertz CT molecular complexity index is 381. The van der Waals surface area contributed by atoms with Crippen LogP contribution in [0.4, 0.5) is 0 Å². The quantitative estimate of drug-likeness (QED) is 0.624. The molecule has 0 N–H and O–H groups in total. The average Bonchev–Trinajstić information content (AvgIpc) is 2.17. The Morgan fingerprint density at radius 3 is 2.85 bits per heavy atom. The highest BCUT2D eigenvalue weighted by atomic mass is 14.2. The Labute approximate surface area is 78.6 Å². The molecule has 1 heteroatoms. The summed E-state index contributed by atoms with van der Waals surface area (Å²) in [6, 6.07) is 7.75. The third-order valence-corrected chi connectivity index (χ3v) is 1.82. The molecule has 13 heavy (non-hydrogen) atoms. The highest BCUT2D eigenvalue weighted by molar-refractivity contribution is 5.57. The van der Waals surface area contributed by atoms with Gasteiger partial charge in [0.05, 0.1) is 11.6 Å². The molecule has 1 aromatic carbocycles. The molecule has 1 rings (SSSR count). The molecule has 0 aromatic heterocycles. The van der Waals surface area contributed by atoms with E-state index >= 15 is 0 Å². The molecule has 1 nitrogen and oxygen atoms in total. The first-order valence-electron chi connectivity index (χ1n) is 4.08. The maximum atomic E-state index is 8.68. The van der Waals surface area contributed by atoms with Crippen LogP contribution in [0.5, 0.6) is 0 Å². The Morgan fingerprint density at radius 1 is 1.46 bits per heavy atom. The van der Waals surface area contributed by atoms with Gasteiger partial charge in [0.1, 0.15) is 0 Å². The molecule has 0 unspecified atom stereocenters. The number of rotatable bonds is 2. The van der Waals surface area contributed by atoms with Crippen molar-refractivity contribution >= 4 is 6.08 Å². The number of aryl methyl sites for hydroxylation is 1. The van der Waals surface area contributed by atoms with Gasteiger partial charge >= 0.3 is 0 Å². The van der Waals surface area contributed by atoms with Gasteiger partial charge in [-0.05, 0) is 30.2 Å². The second-order valence-corrected chi connectivity index (χ2v) is 2.78. The number of allylic oxidation sites excluding steroid dienone is 2. The second kappa shape index (κ2) is 4.27. The van der Waals surface area contributed by atoms with Crippen LogP contribution in [-0.2, 0) is 0 Å². The van der Waals surface area contributed by atoms with Crippen molar-refractivity contribution in [2.75, 3.05) is 0 Å². The largest absolute Gasteiger partial charge is 0.192 e. The summed E-state index contributed by atoms with van der Waals surface area (Å²) < 4.78 is 0. The Kier molecular flexibility index (Phi) is 3.05. The molecule has 0 bridgehead atoms. The van der Waals surface area contributed by atoms with Gasteiger partial charge in [0.2, 0.25) is 0 Å². The highest BCUT2D eigenvalue weighted by Crippen LogP contribution is 2.12. The molecule has 0 aliphatic rings. The van der Waals surface area contributed by atoms with Crippen molar-refractivity contribution in [3.63, 3.8) is 0 Å². The number of hydrogen-bond acceptors (Lipinski definition) is 1. The SMILES string of the molecule is C=C/C=C/c1cc(C#N)ccc1C. The monoisotopic (exact) mass is 169 g/mol. The molecule has 0 saturated heterocycles. The standard InChI is InChI=1S/C12H11N/c1-3-4-5-12-8-11(9-13)7-6-10(12)2/h3-8H,1H2,2H3/b5-4+. The summed E-state index contributed by atoms with van der Waals surface area (Å²) in [6.45, 7) is 5.61. The average molecular weight is 169 g/mol. The first kappa shape index (κ1) is 9.28. The second-order valence-electron chi connectivity index (χ2n) is 2.78. The zero-order valence-electron chi connectivity index (χ0n) is 7.62. The molecule has 0 radical (unpaired) electrons. The van der Waals surface area contributed by atoms with Crippen LogP contribution in [0.15, 0.2) is 36.9 Å². The van der Waals surface area contributed by atoms with Crippen molar-refractivity contribution in [1.82, 2.24) is 0 Å². The van der Waals surface area contributed by atoms with E-state index in [-0.39, 0.29) is 0 Å². The van der Waals surface area contributed by atoms with Crippen LogP contribution in [0.1, 0.15) is 16.7 Å². The number of nitrogens with zero attached hydrogens (tertiary/aromatic N) is 1. The molecular weight excluding hydrogens is 158 g/mol. The first-order chi connectivity index (χ1) is 6.27.